The van der Waals surface area contributed by atoms with E-state index >= 15 is 0 Å². The van der Waals surface area contributed by atoms with Gasteiger partial charge in [-0.1, -0.05) is 11.2 Å². The van der Waals surface area contributed by atoms with Crippen LogP contribution in [0.5, 0.6) is 0 Å². The fraction of sp³-hybridized carbons (Fsp3) is 0.467. The molecule has 124 valence electrons. The first kappa shape index (κ1) is 16.1. The molecule has 1 saturated carbocycles. The van der Waals surface area contributed by atoms with Crippen molar-refractivity contribution in [2.45, 2.75) is 43.2 Å². The fourth-order valence-electron chi connectivity index (χ4n) is 2.29. The largest absolute Gasteiger partial charge is 0.338 e. The van der Waals surface area contributed by atoms with Crippen molar-refractivity contribution in [1.29, 1.82) is 0 Å². The quantitative estimate of drug-likeness (QED) is 0.869. The zero-order valence-electron chi connectivity index (χ0n) is 12.9. The van der Waals surface area contributed by atoms with Crippen LogP contribution < -0.4 is 5.32 Å². The number of hydrogen-bond donors (Lipinski definition) is 1. The maximum Gasteiger partial charge on any atom is 0.240 e. The SMILES string of the molecule is C[C@@H](NCc1nc(C2CC2)no1)c1ccc(S(C)(=O)=O)c(F)c1. The molecule has 23 heavy (non-hydrogen) atoms. The summed E-state index contributed by atoms with van der Waals surface area (Å²) in [5, 5.41) is 7.09. The Morgan fingerprint density at radius 3 is 2.78 bits per heavy atom. The minimum absolute atomic E-state index is 0.186. The van der Waals surface area contributed by atoms with Gasteiger partial charge in [0.1, 0.15) is 10.7 Å². The van der Waals surface area contributed by atoms with E-state index < -0.39 is 15.7 Å². The second-order valence-electron chi connectivity index (χ2n) is 5.89. The van der Waals surface area contributed by atoms with Crippen molar-refractivity contribution in [2.75, 3.05) is 6.26 Å². The van der Waals surface area contributed by atoms with Gasteiger partial charge >= 0.3 is 0 Å². The molecule has 1 aliphatic rings. The number of halogens is 1. The molecule has 0 unspecified atom stereocenters. The highest BCUT2D eigenvalue weighted by Gasteiger charge is 2.28. The van der Waals surface area contributed by atoms with Crippen LogP contribution in [0.25, 0.3) is 0 Å². The first-order valence-electron chi connectivity index (χ1n) is 7.40. The second kappa shape index (κ2) is 6.01. The Bertz CT molecular complexity index is 815. The van der Waals surface area contributed by atoms with E-state index in [0.717, 1.165) is 24.9 Å². The van der Waals surface area contributed by atoms with Crippen LogP contribution in [0.2, 0.25) is 0 Å². The lowest BCUT2D eigenvalue weighted by atomic mass is 10.1. The fourth-order valence-corrected chi connectivity index (χ4v) is 3.02. The Labute approximate surface area is 134 Å². The summed E-state index contributed by atoms with van der Waals surface area (Å²) in [6.07, 6.45) is 3.20. The number of hydrogen-bond acceptors (Lipinski definition) is 6. The van der Waals surface area contributed by atoms with E-state index in [4.69, 9.17) is 4.52 Å². The Balaban J connectivity index is 1.65. The monoisotopic (exact) mass is 339 g/mol. The molecule has 1 heterocycles. The third-order valence-electron chi connectivity index (χ3n) is 3.84. The smallest absolute Gasteiger partial charge is 0.240 e. The van der Waals surface area contributed by atoms with Crippen molar-refractivity contribution in [3.05, 3.63) is 41.3 Å². The topological polar surface area (TPSA) is 85.1 Å². The summed E-state index contributed by atoms with van der Waals surface area (Å²) in [6.45, 7) is 2.23. The van der Waals surface area contributed by atoms with E-state index in [1.165, 1.54) is 12.1 Å². The molecule has 0 aliphatic heterocycles. The van der Waals surface area contributed by atoms with Crippen molar-refractivity contribution in [1.82, 2.24) is 15.5 Å². The van der Waals surface area contributed by atoms with Crippen LogP contribution in [0, 0.1) is 5.82 Å². The lowest BCUT2D eigenvalue weighted by Gasteiger charge is -2.13. The van der Waals surface area contributed by atoms with Gasteiger partial charge in [-0.25, -0.2) is 12.8 Å². The first-order chi connectivity index (χ1) is 10.8. The van der Waals surface area contributed by atoms with Crippen molar-refractivity contribution < 1.29 is 17.3 Å². The molecule has 1 fully saturated rings. The van der Waals surface area contributed by atoms with E-state index in [1.807, 2.05) is 6.92 Å². The maximum absolute atomic E-state index is 13.9. The molecule has 1 atom stereocenters. The Morgan fingerprint density at radius 1 is 1.43 bits per heavy atom. The lowest BCUT2D eigenvalue weighted by molar-refractivity contribution is 0.356. The van der Waals surface area contributed by atoms with Gasteiger partial charge in [0.05, 0.1) is 6.54 Å². The molecule has 0 saturated heterocycles. The summed E-state index contributed by atoms with van der Waals surface area (Å²) in [7, 11) is -3.56. The van der Waals surface area contributed by atoms with Crippen LogP contribution in [0.3, 0.4) is 0 Å². The number of rotatable bonds is 6. The van der Waals surface area contributed by atoms with Crippen molar-refractivity contribution in [3.63, 3.8) is 0 Å². The summed E-state index contributed by atoms with van der Waals surface area (Å²) in [5.74, 6) is 0.931. The summed E-state index contributed by atoms with van der Waals surface area (Å²) in [4.78, 5) is 4.02. The van der Waals surface area contributed by atoms with Gasteiger partial charge < -0.3 is 9.84 Å². The van der Waals surface area contributed by atoms with E-state index in [0.29, 0.717) is 23.9 Å². The molecule has 6 nitrogen and oxygen atoms in total. The number of nitrogens with zero attached hydrogens (tertiary/aromatic N) is 2. The van der Waals surface area contributed by atoms with Crippen molar-refractivity contribution >= 4 is 9.84 Å². The van der Waals surface area contributed by atoms with Crippen LogP contribution in [-0.4, -0.2) is 24.8 Å². The third-order valence-corrected chi connectivity index (χ3v) is 4.97. The first-order valence-corrected chi connectivity index (χ1v) is 9.29. The average Bonchev–Trinajstić information content (AvgIpc) is 3.22. The van der Waals surface area contributed by atoms with E-state index in [1.54, 1.807) is 6.07 Å². The molecule has 0 radical (unpaired) electrons. The molecule has 0 bridgehead atoms. The predicted octanol–water partition coefficient (Wildman–Crippen LogP) is 2.34. The molecule has 1 aromatic heterocycles. The molecule has 8 heteroatoms. The molecule has 0 amide bonds. The van der Waals surface area contributed by atoms with Crippen LogP contribution in [-0.2, 0) is 16.4 Å². The minimum atomic E-state index is -3.56. The molecule has 1 aliphatic carbocycles. The molecule has 1 aromatic carbocycles. The van der Waals surface area contributed by atoms with Crippen LogP contribution in [0.15, 0.2) is 27.6 Å². The normalized spacial score (nSPS) is 16.5. The van der Waals surface area contributed by atoms with Gasteiger partial charge in [0.25, 0.3) is 0 Å². The molecule has 2 aromatic rings. The van der Waals surface area contributed by atoms with Crippen LogP contribution in [0.1, 0.15) is 49.0 Å². The van der Waals surface area contributed by atoms with Crippen LogP contribution >= 0.6 is 0 Å². The zero-order chi connectivity index (χ0) is 16.6. The predicted molar refractivity (Wildman–Crippen MR) is 81.0 cm³/mol. The highest BCUT2D eigenvalue weighted by atomic mass is 32.2. The third kappa shape index (κ3) is 3.76. The van der Waals surface area contributed by atoms with Gasteiger partial charge in [-0.3, -0.25) is 0 Å². The Kier molecular flexibility index (Phi) is 4.20. The number of benzene rings is 1. The van der Waals surface area contributed by atoms with E-state index in [-0.39, 0.29) is 10.9 Å². The summed E-state index contributed by atoms with van der Waals surface area (Å²) >= 11 is 0. The summed E-state index contributed by atoms with van der Waals surface area (Å²) < 4.78 is 41.9. The molecule has 0 spiro atoms. The standard InChI is InChI=1S/C15H18FN3O3S/c1-9(11-5-6-13(12(16)7-11)23(2,20)21)17-8-14-18-15(19-22-14)10-3-4-10/h5-7,9-10,17H,3-4,8H2,1-2H3/t9-/m1/s1. The van der Waals surface area contributed by atoms with Gasteiger partial charge in [0.15, 0.2) is 15.7 Å². The average molecular weight is 339 g/mol. The Hall–Kier alpha value is -1.80. The van der Waals surface area contributed by atoms with Crippen molar-refractivity contribution in [3.8, 4) is 0 Å². The molecule has 3 rings (SSSR count). The van der Waals surface area contributed by atoms with E-state index in [9.17, 15) is 12.8 Å². The summed E-state index contributed by atoms with van der Waals surface area (Å²) in [5.41, 5.74) is 0.650. The molecule has 1 N–H and O–H groups in total. The van der Waals surface area contributed by atoms with E-state index in [2.05, 4.69) is 15.5 Å². The number of nitrogens with one attached hydrogen (secondary N) is 1. The lowest BCUT2D eigenvalue weighted by Crippen LogP contribution is -2.18. The van der Waals surface area contributed by atoms with Crippen molar-refractivity contribution in [2.24, 2.45) is 0 Å². The van der Waals surface area contributed by atoms with Gasteiger partial charge in [-0.05, 0) is 37.5 Å². The van der Waals surface area contributed by atoms with Gasteiger partial charge in [-0.2, -0.15) is 4.98 Å². The highest BCUT2D eigenvalue weighted by Crippen LogP contribution is 2.38. The highest BCUT2D eigenvalue weighted by molar-refractivity contribution is 7.90. The second-order valence-corrected chi connectivity index (χ2v) is 7.87. The zero-order valence-corrected chi connectivity index (χ0v) is 13.7. The maximum atomic E-state index is 13.9. The molecular weight excluding hydrogens is 321 g/mol. The van der Waals surface area contributed by atoms with Gasteiger partial charge in [0, 0.05) is 18.2 Å². The Morgan fingerprint density at radius 2 is 2.17 bits per heavy atom. The van der Waals surface area contributed by atoms with Gasteiger partial charge in [-0.15, -0.1) is 0 Å². The van der Waals surface area contributed by atoms with Crippen LogP contribution in [0.4, 0.5) is 4.39 Å². The minimum Gasteiger partial charge on any atom is -0.338 e. The summed E-state index contributed by atoms with van der Waals surface area (Å²) in [6, 6.07) is 3.93. The number of aromatic nitrogens is 2. The van der Waals surface area contributed by atoms with Gasteiger partial charge in [0.2, 0.25) is 5.89 Å². The number of sulfone groups is 1. The molecular formula is C15H18FN3O3S.